The van der Waals surface area contributed by atoms with Crippen molar-refractivity contribution in [3.8, 4) is 0 Å². The van der Waals surface area contributed by atoms with Crippen LogP contribution in [0.15, 0.2) is 22.6 Å². The van der Waals surface area contributed by atoms with Gasteiger partial charge in [0.1, 0.15) is 5.52 Å². The van der Waals surface area contributed by atoms with Gasteiger partial charge in [-0.15, -0.1) is 0 Å². The highest BCUT2D eigenvalue weighted by Crippen LogP contribution is 2.20. The van der Waals surface area contributed by atoms with Gasteiger partial charge in [0, 0.05) is 25.2 Å². The second kappa shape index (κ2) is 5.84. The van der Waals surface area contributed by atoms with E-state index in [1.807, 2.05) is 26.1 Å². The van der Waals surface area contributed by atoms with Crippen LogP contribution in [0.1, 0.15) is 19.2 Å². The minimum atomic E-state index is -0.0304. The summed E-state index contributed by atoms with van der Waals surface area (Å²) in [6.07, 6.45) is 0.802. The molecule has 0 aliphatic rings. The van der Waals surface area contributed by atoms with Crippen LogP contribution in [-0.4, -0.2) is 24.5 Å². The summed E-state index contributed by atoms with van der Waals surface area (Å²) in [5, 5.41) is 5.94. The van der Waals surface area contributed by atoms with Gasteiger partial charge >= 0.3 is 0 Å². The van der Waals surface area contributed by atoms with Gasteiger partial charge in [0.15, 0.2) is 11.5 Å². The number of nitrogens with zero attached hydrogens (tertiary/aromatic N) is 1. The van der Waals surface area contributed by atoms with E-state index in [-0.39, 0.29) is 11.8 Å². The lowest BCUT2D eigenvalue weighted by molar-refractivity contribution is -0.119. The topological polar surface area (TPSA) is 67.2 Å². The van der Waals surface area contributed by atoms with E-state index in [0.717, 1.165) is 17.6 Å². The molecule has 0 saturated carbocycles. The Morgan fingerprint density at radius 2 is 2.26 bits per heavy atom. The molecule has 2 rings (SSSR count). The lowest BCUT2D eigenvalue weighted by atomic mass is 10.1. The van der Waals surface area contributed by atoms with Crippen molar-refractivity contribution in [2.45, 2.75) is 20.3 Å². The highest BCUT2D eigenvalue weighted by Gasteiger charge is 2.15. The summed E-state index contributed by atoms with van der Waals surface area (Å²) in [6, 6.07) is 5.49. The maximum Gasteiger partial charge on any atom is 0.228 e. The molecule has 1 atom stereocenters. The number of aromatic nitrogens is 1. The molecule has 1 amide bonds. The summed E-state index contributed by atoms with van der Waals surface area (Å²) in [5.41, 5.74) is 2.23. The Bertz CT molecular complexity index is 577. The molecule has 0 aliphatic carbocycles. The second-order valence-corrected chi connectivity index (χ2v) is 4.57. The van der Waals surface area contributed by atoms with E-state index in [0.29, 0.717) is 18.0 Å². The summed E-state index contributed by atoms with van der Waals surface area (Å²) in [4.78, 5) is 16.3. The number of anilines is 1. The maximum absolute atomic E-state index is 12.1. The van der Waals surface area contributed by atoms with Gasteiger partial charge in [-0.3, -0.25) is 4.79 Å². The van der Waals surface area contributed by atoms with Crippen LogP contribution >= 0.6 is 0 Å². The molecule has 0 radical (unpaired) electrons. The van der Waals surface area contributed by atoms with Crippen molar-refractivity contribution in [3.05, 3.63) is 24.1 Å². The van der Waals surface area contributed by atoms with Crippen LogP contribution in [0.3, 0.4) is 0 Å². The zero-order valence-electron chi connectivity index (χ0n) is 11.5. The molecule has 0 saturated heterocycles. The third-order valence-corrected chi connectivity index (χ3v) is 3.08. The van der Waals surface area contributed by atoms with Gasteiger partial charge < -0.3 is 15.1 Å². The number of carbonyl (C=O) groups excluding carboxylic acids is 1. The van der Waals surface area contributed by atoms with Gasteiger partial charge in [-0.25, -0.2) is 4.98 Å². The van der Waals surface area contributed by atoms with E-state index in [1.54, 1.807) is 13.0 Å². The fraction of sp³-hybridized carbons (Fsp3) is 0.429. The van der Waals surface area contributed by atoms with Crippen molar-refractivity contribution in [1.29, 1.82) is 0 Å². The standard InChI is InChI=1S/C14H19N3O2/c1-4-10(8-15-3)14(18)17-11-5-6-12-13(7-11)19-9(2)16-12/h5-7,10,15H,4,8H2,1-3H3,(H,17,18). The Labute approximate surface area is 112 Å². The molecule has 1 aromatic carbocycles. The summed E-state index contributed by atoms with van der Waals surface area (Å²) >= 11 is 0. The smallest absolute Gasteiger partial charge is 0.228 e. The molecule has 102 valence electrons. The zero-order valence-corrected chi connectivity index (χ0v) is 11.5. The molecule has 1 aromatic heterocycles. The number of rotatable bonds is 5. The zero-order chi connectivity index (χ0) is 13.8. The number of hydrogen-bond donors (Lipinski definition) is 2. The molecule has 5 nitrogen and oxygen atoms in total. The Morgan fingerprint density at radius 1 is 1.47 bits per heavy atom. The lowest BCUT2D eigenvalue weighted by Crippen LogP contribution is -2.30. The van der Waals surface area contributed by atoms with Crippen LogP contribution in [0.2, 0.25) is 0 Å². The van der Waals surface area contributed by atoms with Crippen molar-refractivity contribution in [3.63, 3.8) is 0 Å². The normalized spacial score (nSPS) is 12.6. The number of fused-ring (bicyclic) bond motifs is 1. The number of benzene rings is 1. The van der Waals surface area contributed by atoms with E-state index >= 15 is 0 Å². The van der Waals surface area contributed by atoms with Gasteiger partial charge in [-0.1, -0.05) is 6.92 Å². The SMILES string of the molecule is CCC(CNC)C(=O)Nc1ccc2nc(C)oc2c1. The number of nitrogens with one attached hydrogen (secondary N) is 2. The largest absolute Gasteiger partial charge is 0.441 e. The first-order valence-corrected chi connectivity index (χ1v) is 6.46. The number of oxazole rings is 1. The maximum atomic E-state index is 12.1. The number of hydrogen-bond acceptors (Lipinski definition) is 4. The first-order chi connectivity index (χ1) is 9.13. The minimum absolute atomic E-state index is 0.0208. The summed E-state index contributed by atoms with van der Waals surface area (Å²) in [5.74, 6) is 0.615. The van der Waals surface area contributed by atoms with Crippen LogP contribution in [0, 0.1) is 12.8 Å². The molecule has 19 heavy (non-hydrogen) atoms. The lowest BCUT2D eigenvalue weighted by Gasteiger charge is -2.14. The predicted molar refractivity (Wildman–Crippen MR) is 75.1 cm³/mol. The van der Waals surface area contributed by atoms with Gasteiger partial charge in [0.2, 0.25) is 5.91 Å². The van der Waals surface area contributed by atoms with Gasteiger partial charge in [-0.05, 0) is 25.6 Å². The Morgan fingerprint density at radius 3 is 2.95 bits per heavy atom. The summed E-state index contributed by atoms with van der Waals surface area (Å²) < 4.78 is 5.45. The number of amides is 1. The first kappa shape index (κ1) is 13.5. The third-order valence-electron chi connectivity index (χ3n) is 3.08. The third kappa shape index (κ3) is 3.12. The van der Waals surface area contributed by atoms with E-state index < -0.39 is 0 Å². The molecular weight excluding hydrogens is 242 g/mol. The van der Waals surface area contributed by atoms with E-state index in [9.17, 15) is 4.79 Å². The fourth-order valence-electron chi connectivity index (χ4n) is 2.03. The molecule has 0 spiro atoms. The number of aryl methyl sites for hydroxylation is 1. The van der Waals surface area contributed by atoms with Gasteiger partial charge in [0.05, 0.1) is 5.92 Å². The van der Waals surface area contributed by atoms with Gasteiger partial charge in [-0.2, -0.15) is 0 Å². The Hall–Kier alpha value is -1.88. The predicted octanol–water partition coefficient (Wildman–Crippen LogP) is 2.32. The molecule has 0 bridgehead atoms. The van der Waals surface area contributed by atoms with Crippen LogP contribution in [0.4, 0.5) is 5.69 Å². The molecule has 1 unspecified atom stereocenters. The Balaban J connectivity index is 2.13. The van der Waals surface area contributed by atoms with Crippen LogP contribution < -0.4 is 10.6 Å². The van der Waals surface area contributed by atoms with Crippen molar-refractivity contribution in [2.75, 3.05) is 18.9 Å². The van der Waals surface area contributed by atoms with Crippen LogP contribution in [0.25, 0.3) is 11.1 Å². The quantitative estimate of drug-likeness (QED) is 0.866. The molecular formula is C14H19N3O2. The van der Waals surface area contributed by atoms with Gasteiger partial charge in [0.25, 0.3) is 0 Å². The van der Waals surface area contributed by atoms with Crippen molar-refractivity contribution < 1.29 is 9.21 Å². The second-order valence-electron chi connectivity index (χ2n) is 4.57. The molecule has 2 N–H and O–H groups in total. The highest BCUT2D eigenvalue weighted by molar-refractivity contribution is 5.94. The molecule has 0 aliphatic heterocycles. The molecule has 5 heteroatoms. The van der Waals surface area contributed by atoms with E-state index in [1.165, 1.54) is 0 Å². The first-order valence-electron chi connectivity index (χ1n) is 6.46. The highest BCUT2D eigenvalue weighted by atomic mass is 16.3. The molecule has 0 fully saturated rings. The van der Waals surface area contributed by atoms with Crippen molar-refractivity contribution in [2.24, 2.45) is 5.92 Å². The minimum Gasteiger partial charge on any atom is -0.441 e. The van der Waals surface area contributed by atoms with Crippen LogP contribution in [-0.2, 0) is 4.79 Å². The van der Waals surface area contributed by atoms with E-state index in [2.05, 4.69) is 15.6 Å². The summed E-state index contributed by atoms with van der Waals surface area (Å²) in [7, 11) is 1.85. The monoisotopic (exact) mass is 261 g/mol. The molecule has 1 heterocycles. The number of carbonyl (C=O) groups is 1. The summed E-state index contributed by atoms with van der Waals surface area (Å²) in [6.45, 7) is 4.48. The van der Waals surface area contributed by atoms with Crippen LogP contribution in [0.5, 0.6) is 0 Å². The van der Waals surface area contributed by atoms with E-state index in [4.69, 9.17) is 4.42 Å². The molecule has 2 aromatic rings. The average Bonchev–Trinajstić information content (AvgIpc) is 2.75. The average molecular weight is 261 g/mol. The fourth-order valence-corrected chi connectivity index (χ4v) is 2.03. The Kier molecular flexibility index (Phi) is 4.16. The van der Waals surface area contributed by atoms with Crippen molar-refractivity contribution in [1.82, 2.24) is 10.3 Å². The van der Waals surface area contributed by atoms with Crippen molar-refractivity contribution >= 4 is 22.7 Å².